The highest BCUT2D eigenvalue weighted by Crippen LogP contribution is 2.20. The molecule has 0 fully saturated rings. The molecule has 116 valence electrons. The van der Waals surface area contributed by atoms with Crippen molar-refractivity contribution < 1.29 is 19.1 Å². The van der Waals surface area contributed by atoms with Crippen LogP contribution in [0, 0.1) is 0 Å². The Morgan fingerprint density at radius 3 is 1.40 bits per heavy atom. The fourth-order valence-electron chi connectivity index (χ4n) is 0.940. The van der Waals surface area contributed by atoms with E-state index < -0.39 is 0 Å². The Morgan fingerprint density at radius 2 is 1.15 bits per heavy atom. The van der Waals surface area contributed by atoms with Crippen molar-refractivity contribution in [3.05, 3.63) is 8.96 Å². The molecule has 0 heterocycles. The van der Waals surface area contributed by atoms with Crippen LogP contribution in [0.3, 0.4) is 0 Å². The zero-order chi connectivity index (χ0) is 15.7. The molecule has 0 aromatic heterocycles. The van der Waals surface area contributed by atoms with Crippen LogP contribution in [0.4, 0.5) is 0 Å². The molecule has 2 atom stereocenters. The Balaban J connectivity index is 4.25. The topological polar surface area (TPSA) is 52.6 Å². The summed E-state index contributed by atoms with van der Waals surface area (Å²) in [5.41, 5.74) is 0. The van der Waals surface area contributed by atoms with Gasteiger partial charge in [-0.25, -0.2) is 0 Å². The van der Waals surface area contributed by atoms with Crippen molar-refractivity contribution in [1.29, 1.82) is 0 Å². The van der Waals surface area contributed by atoms with Crippen LogP contribution in [0.15, 0.2) is 8.96 Å². The van der Waals surface area contributed by atoms with E-state index in [1.54, 1.807) is 0 Å². The average Bonchev–Trinajstić information content (AvgIpc) is 2.47. The zero-order valence-corrected chi connectivity index (χ0v) is 17.5. The molecule has 0 saturated carbocycles. The molecular weight excluding hydrogens is 528 g/mol. The molecule has 0 aliphatic rings. The van der Waals surface area contributed by atoms with E-state index in [2.05, 4.69) is 63.7 Å². The lowest BCUT2D eigenvalue weighted by atomic mass is 10.3. The Morgan fingerprint density at radius 1 is 0.850 bits per heavy atom. The van der Waals surface area contributed by atoms with Crippen LogP contribution in [0.5, 0.6) is 0 Å². The first-order chi connectivity index (χ1) is 9.33. The molecular formula is C12H16Br4O4. The van der Waals surface area contributed by atoms with E-state index in [-0.39, 0.29) is 34.8 Å². The number of ether oxygens (including phenoxy) is 2. The molecule has 0 radical (unpaired) electrons. The highest BCUT2D eigenvalue weighted by atomic mass is 79.9. The van der Waals surface area contributed by atoms with Crippen LogP contribution in [-0.2, 0) is 19.1 Å². The van der Waals surface area contributed by atoms with Gasteiger partial charge in [-0.05, 0) is 12.8 Å². The molecule has 0 aliphatic heterocycles. The molecule has 0 saturated heterocycles. The first-order valence-corrected chi connectivity index (χ1v) is 9.39. The van der Waals surface area contributed by atoms with Crippen molar-refractivity contribution in [1.82, 2.24) is 0 Å². The van der Waals surface area contributed by atoms with Gasteiger partial charge in [0.2, 0.25) is 0 Å². The lowest BCUT2D eigenvalue weighted by Crippen LogP contribution is -2.18. The van der Waals surface area contributed by atoms with Gasteiger partial charge in [0.1, 0.15) is 22.9 Å². The summed E-state index contributed by atoms with van der Waals surface area (Å²) in [6.45, 7) is 3.94. The second-order valence-electron chi connectivity index (χ2n) is 3.78. The molecule has 0 amide bonds. The van der Waals surface area contributed by atoms with Gasteiger partial charge in [-0.1, -0.05) is 77.6 Å². The number of carbonyl (C=O) groups excluding carboxylic acids is 2. The van der Waals surface area contributed by atoms with Gasteiger partial charge in [-0.2, -0.15) is 0 Å². The van der Waals surface area contributed by atoms with Gasteiger partial charge in [0, 0.05) is 8.96 Å². The van der Waals surface area contributed by atoms with Crippen LogP contribution in [-0.4, -0.2) is 34.8 Å². The largest absolute Gasteiger partial charge is 0.459 e. The molecule has 8 heteroatoms. The summed E-state index contributed by atoms with van der Waals surface area (Å²) in [7, 11) is 0. The fraction of sp³-hybridized carbons (Fsp3) is 0.667. The van der Waals surface area contributed by atoms with Crippen LogP contribution in [0.2, 0.25) is 0 Å². The van der Waals surface area contributed by atoms with Gasteiger partial charge in [-0.3, -0.25) is 9.59 Å². The van der Waals surface area contributed by atoms with E-state index in [9.17, 15) is 9.59 Å². The summed E-state index contributed by atoms with van der Waals surface area (Å²) in [6.07, 6.45) is 1.31. The quantitative estimate of drug-likeness (QED) is 0.336. The molecule has 0 aromatic carbocycles. The maximum atomic E-state index is 11.5. The average molecular weight is 544 g/mol. The number of hydrogen-bond acceptors (Lipinski definition) is 4. The summed E-state index contributed by atoms with van der Waals surface area (Å²) in [5.74, 6) is -0.651. The minimum Gasteiger partial charge on any atom is -0.459 e. The second-order valence-corrected chi connectivity index (χ2v) is 7.90. The third-order valence-corrected chi connectivity index (χ3v) is 6.19. The molecule has 2 unspecified atom stereocenters. The Labute approximate surface area is 152 Å². The van der Waals surface area contributed by atoms with Crippen LogP contribution >= 0.6 is 63.7 Å². The minimum absolute atomic E-state index is 0.0879. The maximum Gasteiger partial charge on any atom is 0.320 e. The van der Waals surface area contributed by atoms with Gasteiger partial charge in [-0.15, -0.1) is 0 Å². The molecule has 0 bridgehead atoms. The van der Waals surface area contributed by atoms with Crippen LogP contribution in [0.25, 0.3) is 0 Å². The number of alkyl halides is 2. The lowest BCUT2D eigenvalue weighted by Gasteiger charge is -2.11. The monoisotopic (exact) mass is 540 g/mol. The van der Waals surface area contributed by atoms with E-state index in [1.807, 2.05) is 13.8 Å². The Bertz CT molecular complexity index is 336. The fourth-order valence-corrected chi connectivity index (χ4v) is 1.66. The zero-order valence-electron chi connectivity index (χ0n) is 11.1. The van der Waals surface area contributed by atoms with Gasteiger partial charge < -0.3 is 9.47 Å². The molecule has 0 aliphatic carbocycles. The smallest absolute Gasteiger partial charge is 0.320 e. The third kappa shape index (κ3) is 8.14. The summed E-state index contributed by atoms with van der Waals surface area (Å²) < 4.78 is 11.4. The summed E-state index contributed by atoms with van der Waals surface area (Å²) in [4.78, 5) is 22.3. The van der Waals surface area contributed by atoms with E-state index in [0.29, 0.717) is 21.8 Å². The number of halogens is 4. The van der Waals surface area contributed by atoms with Gasteiger partial charge >= 0.3 is 11.9 Å². The van der Waals surface area contributed by atoms with Crippen molar-refractivity contribution in [3.8, 4) is 0 Å². The summed E-state index contributed by atoms with van der Waals surface area (Å²) >= 11 is 13.0. The molecule has 0 aromatic rings. The first kappa shape index (κ1) is 20.6. The summed E-state index contributed by atoms with van der Waals surface area (Å²) in [5, 5.41) is 0. The second kappa shape index (κ2) is 11.2. The SMILES string of the molecule is CCC(Br)C(=O)OCC(Br)=C(Br)COC(=O)C(Br)CC. The number of rotatable bonds is 8. The van der Waals surface area contributed by atoms with Gasteiger partial charge in [0.15, 0.2) is 0 Å². The van der Waals surface area contributed by atoms with Crippen molar-refractivity contribution in [2.45, 2.75) is 36.3 Å². The molecule has 4 nitrogen and oxygen atoms in total. The van der Waals surface area contributed by atoms with Crippen molar-refractivity contribution >= 4 is 75.7 Å². The number of carbonyl (C=O) groups is 2. The van der Waals surface area contributed by atoms with Gasteiger partial charge in [0.25, 0.3) is 0 Å². The highest BCUT2D eigenvalue weighted by molar-refractivity contribution is 9.14. The van der Waals surface area contributed by atoms with Crippen LogP contribution < -0.4 is 0 Å². The predicted octanol–water partition coefficient (Wildman–Crippen LogP) is 4.42. The number of hydrogen-bond donors (Lipinski definition) is 0. The molecule has 20 heavy (non-hydrogen) atoms. The number of esters is 2. The molecule has 0 N–H and O–H groups in total. The van der Waals surface area contributed by atoms with Crippen LogP contribution in [0.1, 0.15) is 26.7 Å². The Hall–Kier alpha value is 0.600. The minimum atomic E-state index is -0.326. The lowest BCUT2D eigenvalue weighted by molar-refractivity contribution is -0.143. The van der Waals surface area contributed by atoms with E-state index in [4.69, 9.17) is 9.47 Å². The maximum absolute atomic E-state index is 11.5. The molecule has 0 spiro atoms. The third-order valence-electron chi connectivity index (χ3n) is 2.21. The first-order valence-electron chi connectivity index (χ1n) is 5.97. The van der Waals surface area contributed by atoms with E-state index in [0.717, 1.165) is 0 Å². The van der Waals surface area contributed by atoms with E-state index >= 15 is 0 Å². The molecule has 0 rings (SSSR count). The standard InChI is InChI=1S/C12H16Br4O4/c1-3-7(13)11(17)19-5-9(15)10(16)6-20-12(18)8(14)4-2/h7-8H,3-6H2,1-2H3. The van der Waals surface area contributed by atoms with E-state index in [1.165, 1.54) is 0 Å². The predicted molar refractivity (Wildman–Crippen MR) is 92.8 cm³/mol. The summed E-state index contributed by atoms with van der Waals surface area (Å²) in [6, 6.07) is 0. The van der Waals surface area contributed by atoms with Crippen molar-refractivity contribution in [3.63, 3.8) is 0 Å². The van der Waals surface area contributed by atoms with Gasteiger partial charge in [0.05, 0.1) is 0 Å². The Kier molecular flexibility index (Phi) is 11.5. The van der Waals surface area contributed by atoms with Crippen molar-refractivity contribution in [2.75, 3.05) is 13.2 Å². The highest BCUT2D eigenvalue weighted by Gasteiger charge is 2.16. The normalized spacial score (nSPS) is 15.1. The van der Waals surface area contributed by atoms with Crippen molar-refractivity contribution in [2.24, 2.45) is 0 Å².